The summed E-state index contributed by atoms with van der Waals surface area (Å²) in [6.07, 6.45) is 5.30. The van der Waals surface area contributed by atoms with E-state index >= 15 is 0 Å². The van der Waals surface area contributed by atoms with Crippen molar-refractivity contribution in [1.82, 2.24) is 0 Å². The molecule has 26 heavy (non-hydrogen) atoms. The van der Waals surface area contributed by atoms with Crippen LogP contribution in [0.15, 0.2) is 59.2 Å². The fourth-order valence-electron chi connectivity index (χ4n) is 2.29. The quantitative estimate of drug-likeness (QED) is 0.416. The smallest absolute Gasteiger partial charge is 0.272 e. The van der Waals surface area contributed by atoms with Crippen molar-refractivity contribution >= 4 is 29.4 Å². The molecule has 0 amide bonds. The van der Waals surface area contributed by atoms with Crippen LogP contribution >= 0.6 is 0 Å². The normalized spacial score (nSPS) is 11.5. The summed E-state index contributed by atoms with van der Waals surface area (Å²) in [6.45, 7) is 2.04. The third kappa shape index (κ3) is 5.23. The van der Waals surface area contributed by atoms with E-state index in [0.717, 1.165) is 30.0 Å². The summed E-state index contributed by atoms with van der Waals surface area (Å²) < 4.78 is 0. The third-order valence-corrected chi connectivity index (χ3v) is 3.49. The highest BCUT2D eigenvalue weighted by molar-refractivity contribution is 5.86. The number of hydrazone groups is 1. The van der Waals surface area contributed by atoms with Gasteiger partial charge in [0.1, 0.15) is 5.69 Å². The highest BCUT2D eigenvalue weighted by Gasteiger charge is 2.19. The van der Waals surface area contributed by atoms with Gasteiger partial charge in [0.2, 0.25) is 0 Å². The molecule has 8 nitrogen and oxygen atoms in total. The van der Waals surface area contributed by atoms with Gasteiger partial charge in [-0.3, -0.25) is 25.7 Å². The van der Waals surface area contributed by atoms with E-state index in [2.05, 4.69) is 10.5 Å². The number of nitrogens with zero attached hydrogens (tertiary/aromatic N) is 3. The molecule has 0 unspecified atom stereocenters. The second-order valence-corrected chi connectivity index (χ2v) is 5.47. The van der Waals surface area contributed by atoms with Crippen LogP contribution < -0.4 is 5.43 Å². The van der Waals surface area contributed by atoms with Gasteiger partial charge in [0.25, 0.3) is 5.69 Å². The van der Waals surface area contributed by atoms with Crippen molar-refractivity contribution in [3.8, 4) is 0 Å². The molecule has 2 aromatic carbocycles. The van der Waals surface area contributed by atoms with Crippen LogP contribution in [0.3, 0.4) is 0 Å². The lowest BCUT2D eigenvalue weighted by molar-refractivity contribution is -0.393. The predicted molar refractivity (Wildman–Crippen MR) is 101 cm³/mol. The highest BCUT2D eigenvalue weighted by atomic mass is 16.6. The van der Waals surface area contributed by atoms with Gasteiger partial charge in [-0.2, -0.15) is 5.10 Å². The van der Waals surface area contributed by atoms with Crippen LogP contribution in [0.25, 0.3) is 6.08 Å². The zero-order valence-corrected chi connectivity index (χ0v) is 14.2. The van der Waals surface area contributed by atoms with E-state index in [1.807, 2.05) is 43.3 Å². The van der Waals surface area contributed by atoms with Gasteiger partial charge < -0.3 is 0 Å². The number of benzene rings is 2. The fourth-order valence-corrected chi connectivity index (χ4v) is 2.29. The van der Waals surface area contributed by atoms with E-state index < -0.39 is 15.5 Å². The van der Waals surface area contributed by atoms with Crippen molar-refractivity contribution in [2.75, 3.05) is 5.43 Å². The lowest BCUT2D eigenvalue weighted by Crippen LogP contribution is -1.99. The van der Waals surface area contributed by atoms with Crippen molar-refractivity contribution < 1.29 is 9.85 Å². The molecular weight excluding hydrogens is 336 g/mol. The molecule has 0 saturated heterocycles. The first kappa shape index (κ1) is 18.8. The third-order valence-electron chi connectivity index (χ3n) is 3.49. The SMILES string of the molecule is CCCC(/C=N/Nc1ccc([N+](=O)[O-])cc1[N+](=O)[O-])=C\c1ccccc1. The van der Waals surface area contributed by atoms with Crippen molar-refractivity contribution in [1.29, 1.82) is 0 Å². The van der Waals surface area contributed by atoms with E-state index in [1.54, 1.807) is 6.21 Å². The summed E-state index contributed by atoms with van der Waals surface area (Å²) >= 11 is 0. The minimum Gasteiger partial charge on any atom is -0.272 e. The topological polar surface area (TPSA) is 111 Å². The lowest BCUT2D eigenvalue weighted by atomic mass is 10.1. The first-order chi connectivity index (χ1) is 12.5. The maximum absolute atomic E-state index is 11.1. The molecule has 0 aliphatic rings. The van der Waals surface area contributed by atoms with Crippen molar-refractivity contribution in [2.24, 2.45) is 5.10 Å². The number of anilines is 1. The minimum atomic E-state index is -0.683. The molecule has 0 aliphatic heterocycles. The summed E-state index contributed by atoms with van der Waals surface area (Å²) in [5.41, 5.74) is 3.93. The predicted octanol–water partition coefficient (Wildman–Crippen LogP) is 4.78. The van der Waals surface area contributed by atoms with Crippen LogP contribution in [-0.2, 0) is 0 Å². The van der Waals surface area contributed by atoms with Crippen molar-refractivity contribution in [2.45, 2.75) is 19.8 Å². The van der Waals surface area contributed by atoms with Crippen LogP contribution in [-0.4, -0.2) is 16.1 Å². The minimum absolute atomic E-state index is 0.0902. The molecule has 0 fully saturated rings. The van der Waals surface area contributed by atoms with Crippen LogP contribution in [0, 0.1) is 20.2 Å². The maximum atomic E-state index is 11.1. The number of nitro groups is 2. The Morgan fingerprint density at radius 3 is 2.46 bits per heavy atom. The molecule has 1 N–H and O–H groups in total. The van der Waals surface area contributed by atoms with E-state index in [0.29, 0.717) is 0 Å². The van der Waals surface area contributed by atoms with Gasteiger partial charge in [0, 0.05) is 6.07 Å². The molecule has 0 radical (unpaired) electrons. The average molecular weight is 354 g/mol. The summed E-state index contributed by atoms with van der Waals surface area (Å²) in [6, 6.07) is 13.1. The number of non-ortho nitro benzene ring substituents is 1. The number of nitrogens with one attached hydrogen (secondary N) is 1. The summed E-state index contributed by atoms with van der Waals surface area (Å²) in [7, 11) is 0. The molecule has 0 aromatic heterocycles. The van der Waals surface area contributed by atoms with E-state index in [4.69, 9.17) is 0 Å². The zero-order chi connectivity index (χ0) is 18.9. The number of allylic oxidation sites excluding steroid dienone is 1. The van der Waals surface area contributed by atoms with Crippen LogP contribution in [0.5, 0.6) is 0 Å². The standard InChI is InChI=1S/C18H18N4O4/c1-2-6-15(11-14-7-4-3-5-8-14)13-19-20-17-10-9-16(21(23)24)12-18(17)22(25)26/h3-5,7-13,20H,2,6H2,1H3/b15-11+,19-13+. The fraction of sp³-hybridized carbons (Fsp3) is 0.167. The zero-order valence-electron chi connectivity index (χ0n) is 14.2. The van der Waals surface area contributed by atoms with Crippen LogP contribution in [0.4, 0.5) is 17.1 Å². The van der Waals surface area contributed by atoms with Crippen LogP contribution in [0.2, 0.25) is 0 Å². The molecule has 2 aromatic rings. The molecule has 0 heterocycles. The van der Waals surface area contributed by atoms with Gasteiger partial charge in [-0.05, 0) is 23.6 Å². The first-order valence-corrected chi connectivity index (χ1v) is 7.98. The molecular formula is C18H18N4O4. The molecule has 8 heteroatoms. The maximum Gasteiger partial charge on any atom is 0.301 e. The number of rotatable bonds is 8. The van der Waals surface area contributed by atoms with E-state index in [9.17, 15) is 20.2 Å². The average Bonchev–Trinajstić information content (AvgIpc) is 2.62. The van der Waals surface area contributed by atoms with Gasteiger partial charge in [0.15, 0.2) is 0 Å². The summed E-state index contributed by atoms with van der Waals surface area (Å²) in [5, 5.41) is 25.9. The molecule has 0 aliphatic carbocycles. The Morgan fingerprint density at radius 2 is 1.85 bits per heavy atom. The van der Waals surface area contributed by atoms with E-state index in [-0.39, 0.29) is 11.4 Å². The highest BCUT2D eigenvalue weighted by Crippen LogP contribution is 2.28. The number of nitro benzene ring substituents is 2. The largest absolute Gasteiger partial charge is 0.301 e. The second kappa shape index (κ2) is 9.07. The van der Waals surface area contributed by atoms with Gasteiger partial charge in [-0.25, -0.2) is 0 Å². The van der Waals surface area contributed by atoms with Crippen molar-refractivity contribution in [3.05, 3.63) is 79.9 Å². The van der Waals surface area contributed by atoms with Crippen LogP contribution in [0.1, 0.15) is 25.3 Å². The Bertz CT molecular complexity index is 848. The molecule has 2 rings (SSSR count). The molecule has 0 saturated carbocycles. The molecule has 0 atom stereocenters. The molecule has 0 spiro atoms. The Morgan fingerprint density at radius 1 is 1.12 bits per heavy atom. The summed E-state index contributed by atoms with van der Waals surface area (Å²) in [5.74, 6) is 0. The van der Waals surface area contributed by atoms with Crippen molar-refractivity contribution in [3.63, 3.8) is 0 Å². The number of hydrogen-bond acceptors (Lipinski definition) is 6. The lowest BCUT2D eigenvalue weighted by Gasteiger charge is -2.03. The second-order valence-electron chi connectivity index (χ2n) is 5.47. The molecule has 0 bridgehead atoms. The Hall–Kier alpha value is -3.55. The van der Waals surface area contributed by atoms with Gasteiger partial charge in [-0.15, -0.1) is 0 Å². The monoisotopic (exact) mass is 354 g/mol. The first-order valence-electron chi connectivity index (χ1n) is 7.98. The molecule has 134 valence electrons. The van der Waals surface area contributed by atoms with Gasteiger partial charge in [-0.1, -0.05) is 49.8 Å². The van der Waals surface area contributed by atoms with Gasteiger partial charge >= 0.3 is 5.69 Å². The Kier molecular flexibility index (Phi) is 6.55. The van der Waals surface area contributed by atoms with E-state index in [1.165, 1.54) is 12.1 Å². The Balaban J connectivity index is 2.21. The van der Waals surface area contributed by atoms with Gasteiger partial charge in [0.05, 0.1) is 22.1 Å². The number of hydrogen-bond donors (Lipinski definition) is 1. The summed E-state index contributed by atoms with van der Waals surface area (Å²) in [4.78, 5) is 20.5. The Labute approximate surface area is 150 Å².